The highest BCUT2D eigenvalue weighted by atomic mass is 14.7. The molecule has 1 heteroatoms. The van der Waals surface area contributed by atoms with Gasteiger partial charge in [0.2, 0.25) is 0 Å². The summed E-state index contributed by atoms with van der Waals surface area (Å²) in [6.45, 7) is 6.08. The molecule has 1 nitrogen and oxygen atoms in total. The summed E-state index contributed by atoms with van der Waals surface area (Å²) in [5, 5.41) is 2.55. The van der Waals surface area contributed by atoms with Crippen LogP contribution in [0.3, 0.4) is 0 Å². The molecule has 0 aliphatic heterocycles. The van der Waals surface area contributed by atoms with Gasteiger partial charge in [-0.2, -0.15) is 0 Å². The zero-order valence-corrected chi connectivity index (χ0v) is 15.1. The molecule has 4 aromatic rings. The van der Waals surface area contributed by atoms with Crippen LogP contribution in [0.5, 0.6) is 0 Å². The molecule has 1 aromatic heterocycles. The fraction of sp³-hybridized carbons (Fsp3) is 0.120. The SMILES string of the molecule is C=C/C=C(\CCC)c1cccc(-c2ccc3[nH]c4ccccc4c3c2)c1. The summed E-state index contributed by atoms with van der Waals surface area (Å²) in [6, 6.07) is 24.0. The van der Waals surface area contributed by atoms with Crippen LogP contribution in [0.15, 0.2) is 85.5 Å². The minimum Gasteiger partial charge on any atom is -0.355 e. The number of nitrogens with one attached hydrogen (secondary N) is 1. The fourth-order valence-electron chi connectivity index (χ4n) is 3.66. The first-order valence-corrected chi connectivity index (χ1v) is 9.23. The predicted octanol–water partition coefficient (Wildman–Crippen LogP) is 7.36. The van der Waals surface area contributed by atoms with Crippen LogP contribution < -0.4 is 0 Å². The lowest BCUT2D eigenvalue weighted by atomic mass is 9.96. The Bertz CT molecular complexity index is 1110. The monoisotopic (exact) mass is 337 g/mol. The van der Waals surface area contributed by atoms with E-state index in [1.807, 2.05) is 6.08 Å². The molecule has 128 valence electrons. The van der Waals surface area contributed by atoms with Gasteiger partial charge in [-0.15, -0.1) is 0 Å². The minimum absolute atomic E-state index is 1.07. The summed E-state index contributed by atoms with van der Waals surface area (Å²) in [4.78, 5) is 3.50. The van der Waals surface area contributed by atoms with Crippen molar-refractivity contribution < 1.29 is 0 Å². The van der Waals surface area contributed by atoms with E-state index < -0.39 is 0 Å². The Labute approximate surface area is 154 Å². The summed E-state index contributed by atoms with van der Waals surface area (Å²) >= 11 is 0. The van der Waals surface area contributed by atoms with E-state index in [9.17, 15) is 0 Å². The van der Waals surface area contributed by atoms with Crippen molar-refractivity contribution in [3.05, 3.63) is 91.0 Å². The maximum absolute atomic E-state index is 3.87. The van der Waals surface area contributed by atoms with Crippen LogP contribution in [0, 0.1) is 0 Å². The Kier molecular flexibility index (Phi) is 4.45. The Morgan fingerprint density at radius 2 is 1.69 bits per heavy atom. The minimum atomic E-state index is 1.07. The van der Waals surface area contributed by atoms with Crippen LogP contribution in [-0.2, 0) is 0 Å². The standard InChI is InChI=1S/C25H23N/c1-3-8-18(9-4-2)19-10-7-11-20(16-19)21-14-15-25-23(17-21)22-12-5-6-13-24(22)26-25/h3,5-8,10-17,26H,1,4,9H2,2H3/b18-8+. The number of aromatic amines is 1. The van der Waals surface area contributed by atoms with Gasteiger partial charge in [-0.05, 0) is 52.9 Å². The molecule has 3 aromatic carbocycles. The van der Waals surface area contributed by atoms with Crippen molar-refractivity contribution in [2.45, 2.75) is 19.8 Å². The zero-order valence-electron chi connectivity index (χ0n) is 15.1. The first-order valence-electron chi connectivity index (χ1n) is 9.23. The Hall–Kier alpha value is -3.06. The molecule has 0 spiro atoms. The molecule has 0 radical (unpaired) electrons. The number of allylic oxidation sites excluding steroid dienone is 3. The van der Waals surface area contributed by atoms with Gasteiger partial charge < -0.3 is 4.98 Å². The van der Waals surface area contributed by atoms with Crippen molar-refractivity contribution in [2.75, 3.05) is 0 Å². The summed E-state index contributed by atoms with van der Waals surface area (Å²) in [6.07, 6.45) is 6.21. The summed E-state index contributed by atoms with van der Waals surface area (Å²) in [5.74, 6) is 0. The first-order chi connectivity index (χ1) is 12.8. The van der Waals surface area contributed by atoms with Gasteiger partial charge in [-0.25, -0.2) is 0 Å². The second-order valence-corrected chi connectivity index (χ2v) is 6.69. The second-order valence-electron chi connectivity index (χ2n) is 6.69. The molecule has 0 saturated carbocycles. The highest BCUT2D eigenvalue weighted by Crippen LogP contribution is 2.31. The van der Waals surface area contributed by atoms with E-state index in [-0.39, 0.29) is 0 Å². The highest BCUT2D eigenvalue weighted by Gasteiger charge is 2.07. The van der Waals surface area contributed by atoms with Gasteiger partial charge in [-0.3, -0.25) is 0 Å². The van der Waals surface area contributed by atoms with E-state index in [0.29, 0.717) is 0 Å². The van der Waals surface area contributed by atoms with Gasteiger partial charge in [0.1, 0.15) is 0 Å². The maximum Gasteiger partial charge on any atom is 0.0465 e. The van der Waals surface area contributed by atoms with E-state index in [1.165, 1.54) is 44.1 Å². The Morgan fingerprint density at radius 1 is 0.885 bits per heavy atom. The number of benzene rings is 3. The molecule has 26 heavy (non-hydrogen) atoms. The average molecular weight is 337 g/mol. The number of fused-ring (bicyclic) bond motifs is 3. The van der Waals surface area contributed by atoms with E-state index in [0.717, 1.165) is 12.8 Å². The number of hydrogen-bond acceptors (Lipinski definition) is 0. The van der Waals surface area contributed by atoms with Gasteiger partial charge in [0.15, 0.2) is 0 Å². The van der Waals surface area contributed by atoms with E-state index in [4.69, 9.17) is 0 Å². The molecule has 1 heterocycles. The highest BCUT2D eigenvalue weighted by molar-refractivity contribution is 6.08. The molecule has 4 rings (SSSR count). The van der Waals surface area contributed by atoms with Crippen LogP contribution >= 0.6 is 0 Å². The first kappa shape index (κ1) is 16.4. The number of hydrogen-bond donors (Lipinski definition) is 1. The molecule has 0 fully saturated rings. The van der Waals surface area contributed by atoms with E-state index >= 15 is 0 Å². The van der Waals surface area contributed by atoms with Crippen molar-refractivity contribution in [3.63, 3.8) is 0 Å². The van der Waals surface area contributed by atoms with Crippen LogP contribution in [0.2, 0.25) is 0 Å². The van der Waals surface area contributed by atoms with E-state index in [2.05, 4.69) is 91.3 Å². The fourth-order valence-corrected chi connectivity index (χ4v) is 3.66. The number of H-pyrrole nitrogens is 1. The third kappa shape index (κ3) is 2.97. The second kappa shape index (κ2) is 7.05. The molecule has 0 bridgehead atoms. The largest absolute Gasteiger partial charge is 0.355 e. The maximum atomic E-state index is 3.87. The van der Waals surface area contributed by atoms with Gasteiger partial charge in [0.05, 0.1) is 0 Å². The normalized spacial score (nSPS) is 12.0. The predicted molar refractivity (Wildman–Crippen MR) is 114 cm³/mol. The average Bonchev–Trinajstić information content (AvgIpc) is 3.06. The van der Waals surface area contributed by atoms with Crippen molar-refractivity contribution >= 4 is 27.4 Å². The lowest BCUT2D eigenvalue weighted by molar-refractivity contribution is 0.973. The number of para-hydroxylation sites is 1. The molecule has 1 N–H and O–H groups in total. The zero-order chi connectivity index (χ0) is 17.9. The Morgan fingerprint density at radius 3 is 2.54 bits per heavy atom. The lowest BCUT2D eigenvalue weighted by Crippen LogP contribution is -1.86. The molecular formula is C25H23N. The topological polar surface area (TPSA) is 15.8 Å². The summed E-state index contributed by atoms with van der Waals surface area (Å²) in [5.41, 5.74) is 7.50. The molecule has 0 atom stereocenters. The van der Waals surface area contributed by atoms with Crippen molar-refractivity contribution in [2.24, 2.45) is 0 Å². The van der Waals surface area contributed by atoms with Crippen LogP contribution in [-0.4, -0.2) is 4.98 Å². The quantitative estimate of drug-likeness (QED) is 0.366. The molecule has 0 unspecified atom stereocenters. The number of rotatable bonds is 5. The third-order valence-electron chi connectivity index (χ3n) is 4.91. The summed E-state index contributed by atoms with van der Waals surface area (Å²) < 4.78 is 0. The van der Waals surface area contributed by atoms with E-state index in [1.54, 1.807) is 0 Å². The van der Waals surface area contributed by atoms with Gasteiger partial charge in [-0.1, -0.05) is 74.5 Å². The van der Waals surface area contributed by atoms with Crippen molar-refractivity contribution in [1.82, 2.24) is 4.98 Å². The smallest absolute Gasteiger partial charge is 0.0465 e. The van der Waals surface area contributed by atoms with Gasteiger partial charge >= 0.3 is 0 Å². The molecule has 0 aliphatic rings. The molecule has 0 saturated heterocycles. The van der Waals surface area contributed by atoms with Crippen LogP contribution in [0.1, 0.15) is 25.3 Å². The number of aromatic nitrogens is 1. The van der Waals surface area contributed by atoms with Crippen LogP contribution in [0.4, 0.5) is 0 Å². The van der Waals surface area contributed by atoms with Gasteiger partial charge in [0.25, 0.3) is 0 Å². The lowest BCUT2D eigenvalue weighted by Gasteiger charge is -2.09. The molecular weight excluding hydrogens is 314 g/mol. The molecule has 0 aliphatic carbocycles. The Balaban J connectivity index is 1.82. The third-order valence-corrected chi connectivity index (χ3v) is 4.91. The van der Waals surface area contributed by atoms with Gasteiger partial charge in [0, 0.05) is 21.8 Å². The van der Waals surface area contributed by atoms with Crippen molar-refractivity contribution in [3.8, 4) is 11.1 Å². The summed E-state index contributed by atoms with van der Waals surface area (Å²) in [7, 11) is 0. The van der Waals surface area contributed by atoms with Crippen LogP contribution in [0.25, 0.3) is 38.5 Å². The molecule has 0 amide bonds. The van der Waals surface area contributed by atoms with Crippen molar-refractivity contribution in [1.29, 1.82) is 0 Å².